The maximum absolute atomic E-state index is 12.4. The third-order valence-corrected chi connectivity index (χ3v) is 4.81. The summed E-state index contributed by atoms with van der Waals surface area (Å²) in [5, 5.41) is 8.96. The van der Waals surface area contributed by atoms with E-state index in [1.54, 1.807) is 18.2 Å². The lowest BCUT2D eigenvalue weighted by molar-refractivity contribution is 0.250. The van der Waals surface area contributed by atoms with Crippen LogP contribution in [0.3, 0.4) is 0 Å². The van der Waals surface area contributed by atoms with Crippen LogP contribution in [0, 0.1) is 0 Å². The van der Waals surface area contributed by atoms with Crippen LogP contribution in [0.25, 0.3) is 0 Å². The molecule has 1 aliphatic carbocycles. The highest BCUT2D eigenvalue weighted by atomic mass is 32.2. The standard InChI is InChI=1S/C11H16N2O3S/c12-10-3-1-2-4-11(10)17(15,16)13(7-8-14)9-5-6-9/h1-4,9,14H,5-8,12H2. The minimum Gasteiger partial charge on any atom is -0.398 e. The fraction of sp³-hybridized carbons (Fsp3) is 0.455. The molecule has 5 nitrogen and oxygen atoms in total. The second kappa shape index (κ2) is 4.64. The molecule has 17 heavy (non-hydrogen) atoms. The van der Waals surface area contributed by atoms with Gasteiger partial charge in [0.15, 0.2) is 0 Å². The number of aliphatic hydroxyl groups excluding tert-OH is 1. The first kappa shape index (κ1) is 12.3. The molecule has 0 aromatic heterocycles. The summed E-state index contributed by atoms with van der Waals surface area (Å²) in [4.78, 5) is 0.125. The third kappa shape index (κ3) is 2.43. The first-order valence-corrected chi connectivity index (χ1v) is 6.98. The Morgan fingerprint density at radius 2 is 2.00 bits per heavy atom. The largest absolute Gasteiger partial charge is 0.398 e. The Hall–Kier alpha value is -1.11. The van der Waals surface area contributed by atoms with Crippen LogP contribution in [0.15, 0.2) is 29.2 Å². The summed E-state index contributed by atoms with van der Waals surface area (Å²) < 4.78 is 26.1. The van der Waals surface area contributed by atoms with Crippen LogP contribution in [0.2, 0.25) is 0 Å². The Bertz CT molecular complexity index is 497. The van der Waals surface area contributed by atoms with Crippen molar-refractivity contribution in [1.82, 2.24) is 4.31 Å². The van der Waals surface area contributed by atoms with Gasteiger partial charge in [-0.2, -0.15) is 4.31 Å². The van der Waals surface area contributed by atoms with E-state index in [0.717, 1.165) is 12.8 Å². The molecule has 2 rings (SSSR count). The van der Waals surface area contributed by atoms with Crippen molar-refractivity contribution in [2.45, 2.75) is 23.8 Å². The lowest BCUT2D eigenvalue weighted by Gasteiger charge is -2.21. The summed E-state index contributed by atoms with van der Waals surface area (Å²) >= 11 is 0. The van der Waals surface area contributed by atoms with E-state index in [4.69, 9.17) is 10.8 Å². The fourth-order valence-corrected chi connectivity index (χ4v) is 3.60. The molecule has 1 aromatic rings. The number of hydrogen-bond acceptors (Lipinski definition) is 4. The topological polar surface area (TPSA) is 83.6 Å². The monoisotopic (exact) mass is 256 g/mol. The first-order chi connectivity index (χ1) is 8.07. The van der Waals surface area contributed by atoms with Crippen molar-refractivity contribution < 1.29 is 13.5 Å². The highest BCUT2D eigenvalue weighted by Gasteiger charge is 2.38. The van der Waals surface area contributed by atoms with Crippen LogP contribution in [0.5, 0.6) is 0 Å². The van der Waals surface area contributed by atoms with Gasteiger partial charge >= 0.3 is 0 Å². The van der Waals surface area contributed by atoms with Crippen molar-refractivity contribution in [2.75, 3.05) is 18.9 Å². The fourth-order valence-electron chi connectivity index (χ4n) is 1.80. The number of anilines is 1. The van der Waals surface area contributed by atoms with Crippen LogP contribution >= 0.6 is 0 Å². The number of aliphatic hydroxyl groups is 1. The van der Waals surface area contributed by atoms with Crippen molar-refractivity contribution in [3.05, 3.63) is 24.3 Å². The van der Waals surface area contributed by atoms with Crippen molar-refractivity contribution in [3.63, 3.8) is 0 Å². The number of nitrogens with zero attached hydrogens (tertiary/aromatic N) is 1. The lowest BCUT2D eigenvalue weighted by atomic mass is 10.3. The summed E-state index contributed by atoms with van der Waals surface area (Å²) in [5.41, 5.74) is 5.94. The molecule has 1 aliphatic rings. The summed E-state index contributed by atoms with van der Waals surface area (Å²) in [6, 6.07) is 6.43. The van der Waals surface area contributed by atoms with E-state index >= 15 is 0 Å². The number of sulfonamides is 1. The number of hydrogen-bond donors (Lipinski definition) is 2. The van der Waals surface area contributed by atoms with E-state index in [9.17, 15) is 8.42 Å². The Morgan fingerprint density at radius 1 is 1.35 bits per heavy atom. The van der Waals surface area contributed by atoms with E-state index in [1.807, 2.05) is 0 Å². The molecule has 1 fully saturated rings. The highest BCUT2D eigenvalue weighted by Crippen LogP contribution is 2.33. The van der Waals surface area contributed by atoms with Gasteiger partial charge in [-0.05, 0) is 25.0 Å². The maximum Gasteiger partial charge on any atom is 0.245 e. The average Bonchev–Trinajstić information content (AvgIpc) is 3.10. The van der Waals surface area contributed by atoms with Gasteiger partial charge in [-0.3, -0.25) is 0 Å². The minimum atomic E-state index is -3.58. The number of para-hydroxylation sites is 1. The molecular formula is C11H16N2O3S. The predicted molar refractivity (Wildman–Crippen MR) is 64.9 cm³/mol. The molecule has 0 spiro atoms. The maximum atomic E-state index is 12.4. The normalized spacial score (nSPS) is 16.4. The van der Waals surface area contributed by atoms with Crippen molar-refractivity contribution in [2.24, 2.45) is 0 Å². The summed E-state index contributed by atoms with van der Waals surface area (Å²) in [6.45, 7) is -0.0518. The van der Waals surface area contributed by atoms with Gasteiger partial charge in [0.1, 0.15) is 4.90 Å². The zero-order valence-corrected chi connectivity index (χ0v) is 10.2. The lowest BCUT2D eigenvalue weighted by Crippen LogP contribution is -2.35. The molecule has 0 heterocycles. The molecule has 3 N–H and O–H groups in total. The molecule has 0 amide bonds. The van der Waals surface area contributed by atoms with Crippen LogP contribution < -0.4 is 5.73 Å². The Morgan fingerprint density at radius 3 is 2.53 bits per heavy atom. The second-order valence-electron chi connectivity index (χ2n) is 4.11. The molecule has 0 atom stereocenters. The van der Waals surface area contributed by atoms with Gasteiger partial charge < -0.3 is 10.8 Å². The van der Waals surface area contributed by atoms with Crippen LogP contribution in [0.4, 0.5) is 5.69 Å². The van der Waals surface area contributed by atoms with Gasteiger partial charge in [0.05, 0.1) is 12.3 Å². The minimum absolute atomic E-state index is 0.0201. The third-order valence-electron chi connectivity index (χ3n) is 2.78. The first-order valence-electron chi connectivity index (χ1n) is 5.54. The zero-order valence-electron chi connectivity index (χ0n) is 9.41. The average molecular weight is 256 g/mol. The van der Waals surface area contributed by atoms with E-state index in [2.05, 4.69) is 0 Å². The van der Waals surface area contributed by atoms with E-state index in [1.165, 1.54) is 10.4 Å². The highest BCUT2D eigenvalue weighted by molar-refractivity contribution is 7.89. The number of nitrogen functional groups attached to an aromatic ring is 1. The molecule has 1 saturated carbocycles. The van der Waals surface area contributed by atoms with E-state index < -0.39 is 10.0 Å². The molecule has 0 bridgehead atoms. The van der Waals surface area contributed by atoms with Crippen molar-refractivity contribution >= 4 is 15.7 Å². The molecular weight excluding hydrogens is 240 g/mol. The number of rotatable bonds is 5. The Kier molecular flexibility index (Phi) is 3.37. The molecule has 94 valence electrons. The van der Waals surface area contributed by atoms with E-state index in [-0.39, 0.29) is 29.8 Å². The van der Waals surface area contributed by atoms with E-state index in [0.29, 0.717) is 0 Å². The molecule has 1 aromatic carbocycles. The second-order valence-corrected chi connectivity index (χ2v) is 5.97. The van der Waals surface area contributed by atoms with Crippen molar-refractivity contribution in [1.29, 1.82) is 0 Å². The number of benzene rings is 1. The summed E-state index contributed by atoms with van der Waals surface area (Å²) in [5.74, 6) is 0. The zero-order chi connectivity index (χ0) is 12.5. The van der Waals surface area contributed by atoms with Gasteiger partial charge in [0, 0.05) is 12.6 Å². The molecule has 0 saturated heterocycles. The predicted octanol–water partition coefficient (Wildman–Crippen LogP) is 0.414. The summed E-state index contributed by atoms with van der Waals surface area (Å²) in [6.07, 6.45) is 1.71. The Balaban J connectivity index is 2.37. The quantitative estimate of drug-likeness (QED) is 0.748. The van der Waals surface area contributed by atoms with Gasteiger partial charge in [0.2, 0.25) is 10.0 Å². The van der Waals surface area contributed by atoms with Gasteiger partial charge in [-0.15, -0.1) is 0 Å². The van der Waals surface area contributed by atoms with Gasteiger partial charge in [-0.25, -0.2) is 8.42 Å². The molecule has 6 heteroatoms. The smallest absolute Gasteiger partial charge is 0.245 e. The Labute approximate surface area is 101 Å². The SMILES string of the molecule is Nc1ccccc1S(=O)(=O)N(CCO)C1CC1. The van der Waals surface area contributed by atoms with Crippen LogP contribution in [-0.4, -0.2) is 37.0 Å². The molecule has 0 radical (unpaired) electrons. The van der Waals surface area contributed by atoms with Gasteiger partial charge in [-0.1, -0.05) is 12.1 Å². The van der Waals surface area contributed by atoms with Crippen LogP contribution in [0.1, 0.15) is 12.8 Å². The molecule has 0 aliphatic heterocycles. The van der Waals surface area contributed by atoms with Gasteiger partial charge in [0.25, 0.3) is 0 Å². The molecule has 0 unspecified atom stereocenters. The van der Waals surface area contributed by atoms with Crippen molar-refractivity contribution in [3.8, 4) is 0 Å². The summed E-state index contributed by atoms with van der Waals surface area (Å²) in [7, 11) is -3.58. The number of nitrogens with two attached hydrogens (primary N) is 1. The van der Waals surface area contributed by atoms with Crippen LogP contribution in [-0.2, 0) is 10.0 Å².